The molecular formula is C21H25NO3. The molecule has 0 N–H and O–H groups in total. The first kappa shape index (κ1) is 18.7. The van der Waals surface area contributed by atoms with Gasteiger partial charge in [0.1, 0.15) is 5.75 Å². The highest BCUT2D eigenvalue weighted by Crippen LogP contribution is 2.27. The molecule has 1 aromatic carbocycles. The predicted octanol–water partition coefficient (Wildman–Crippen LogP) is 4.47. The van der Waals surface area contributed by atoms with E-state index in [0.29, 0.717) is 12.4 Å². The van der Waals surface area contributed by atoms with E-state index >= 15 is 0 Å². The summed E-state index contributed by atoms with van der Waals surface area (Å²) in [5.74, 6) is 0.257. The fourth-order valence-corrected chi connectivity index (χ4v) is 2.22. The number of esters is 1. The predicted molar refractivity (Wildman–Crippen MR) is 101 cm³/mol. The first-order valence-corrected chi connectivity index (χ1v) is 8.56. The normalized spacial score (nSPS) is 19.6. The van der Waals surface area contributed by atoms with Gasteiger partial charge in [-0.1, -0.05) is 32.1 Å². The van der Waals surface area contributed by atoms with Crippen molar-refractivity contribution in [1.29, 1.82) is 0 Å². The Hall–Kier alpha value is -2.62. The molecule has 132 valence electrons. The van der Waals surface area contributed by atoms with E-state index in [1.165, 1.54) is 0 Å². The molecule has 4 heteroatoms. The van der Waals surface area contributed by atoms with Crippen molar-refractivity contribution in [3.05, 3.63) is 65.9 Å². The van der Waals surface area contributed by atoms with Crippen molar-refractivity contribution in [3.63, 3.8) is 0 Å². The molecule has 1 unspecified atom stereocenters. The van der Waals surface area contributed by atoms with Crippen LogP contribution in [0.1, 0.15) is 32.8 Å². The van der Waals surface area contributed by atoms with Crippen molar-refractivity contribution in [3.8, 4) is 5.75 Å². The maximum atomic E-state index is 11.3. The largest absolute Gasteiger partial charge is 0.482 e. The van der Waals surface area contributed by atoms with Crippen LogP contribution < -0.4 is 4.74 Å². The van der Waals surface area contributed by atoms with Gasteiger partial charge >= 0.3 is 5.97 Å². The van der Waals surface area contributed by atoms with Gasteiger partial charge in [-0.2, -0.15) is 0 Å². The Morgan fingerprint density at radius 3 is 2.64 bits per heavy atom. The van der Waals surface area contributed by atoms with Gasteiger partial charge < -0.3 is 9.47 Å². The van der Waals surface area contributed by atoms with Crippen LogP contribution in [0.4, 0.5) is 0 Å². The van der Waals surface area contributed by atoms with Crippen LogP contribution in [-0.4, -0.2) is 25.4 Å². The summed E-state index contributed by atoms with van der Waals surface area (Å²) in [7, 11) is 0. The van der Waals surface area contributed by atoms with Crippen molar-refractivity contribution < 1.29 is 14.3 Å². The molecule has 0 radical (unpaired) electrons. The highest BCUT2D eigenvalue weighted by atomic mass is 16.6. The number of rotatable bonds is 7. The number of carbonyl (C=O) groups excluding carboxylic acids is 1. The van der Waals surface area contributed by atoms with Crippen molar-refractivity contribution >= 4 is 12.2 Å². The summed E-state index contributed by atoms with van der Waals surface area (Å²) < 4.78 is 10.2. The van der Waals surface area contributed by atoms with Crippen LogP contribution in [0.15, 0.2) is 65.3 Å². The standard InChI is InChI=1S/C21H25NO3/c1-4-21(3)13-6-7-18(12-14-21)22-15-17-8-10-19(11-9-17)25-16-20(23)24-5-2/h6-15H,4-5,16H2,1-3H3. The van der Waals surface area contributed by atoms with Crippen LogP contribution in [0, 0.1) is 5.41 Å². The summed E-state index contributed by atoms with van der Waals surface area (Å²) in [6.45, 7) is 6.42. The maximum Gasteiger partial charge on any atom is 0.344 e. The average Bonchev–Trinajstić information content (AvgIpc) is 2.81. The van der Waals surface area contributed by atoms with Gasteiger partial charge in [-0.3, -0.25) is 4.99 Å². The van der Waals surface area contributed by atoms with Gasteiger partial charge in [0.25, 0.3) is 0 Å². The molecule has 0 bridgehead atoms. The second-order valence-corrected chi connectivity index (χ2v) is 6.06. The molecule has 0 fully saturated rings. The number of carbonyl (C=O) groups is 1. The van der Waals surface area contributed by atoms with E-state index in [1.807, 2.05) is 36.6 Å². The Balaban J connectivity index is 1.94. The molecule has 1 aliphatic carbocycles. The zero-order valence-electron chi connectivity index (χ0n) is 15.1. The zero-order valence-corrected chi connectivity index (χ0v) is 15.1. The van der Waals surface area contributed by atoms with Gasteiger partial charge in [0, 0.05) is 11.6 Å². The van der Waals surface area contributed by atoms with Crippen LogP contribution >= 0.6 is 0 Å². The zero-order chi connectivity index (χ0) is 18.1. The molecule has 0 aromatic heterocycles. The highest BCUT2D eigenvalue weighted by molar-refractivity contribution is 5.81. The Morgan fingerprint density at radius 2 is 1.96 bits per heavy atom. The molecule has 1 atom stereocenters. The first-order chi connectivity index (χ1) is 12.0. The lowest BCUT2D eigenvalue weighted by atomic mass is 9.87. The van der Waals surface area contributed by atoms with E-state index in [-0.39, 0.29) is 18.0 Å². The lowest BCUT2D eigenvalue weighted by Gasteiger charge is -2.17. The Bertz CT molecular complexity index is 698. The molecule has 0 aliphatic heterocycles. The monoisotopic (exact) mass is 339 g/mol. The van der Waals surface area contributed by atoms with E-state index in [4.69, 9.17) is 9.47 Å². The molecule has 0 saturated carbocycles. The number of allylic oxidation sites excluding steroid dienone is 5. The van der Waals surface area contributed by atoms with Crippen molar-refractivity contribution in [2.24, 2.45) is 10.4 Å². The molecular weight excluding hydrogens is 314 g/mol. The highest BCUT2D eigenvalue weighted by Gasteiger charge is 2.14. The third kappa shape index (κ3) is 6.07. The third-order valence-electron chi connectivity index (χ3n) is 4.05. The average molecular weight is 339 g/mol. The molecule has 1 aliphatic rings. The van der Waals surface area contributed by atoms with Crippen LogP contribution in [-0.2, 0) is 9.53 Å². The number of ether oxygens (including phenoxy) is 2. The van der Waals surface area contributed by atoms with Crippen LogP contribution in [0.25, 0.3) is 0 Å². The third-order valence-corrected chi connectivity index (χ3v) is 4.05. The maximum absolute atomic E-state index is 11.3. The minimum Gasteiger partial charge on any atom is -0.482 e. The van der Waals surface area contributed by atoms with E-state index in [9.17, 15) is 4.79 Å². The van der Waals surface area contributed by atoms with Gasteiger partial charge in [-0.25, -0.2) is 4.79 Å². The quantitative estimate of drug-likeness (QED) is 0.544. The Morgan fingerprint density at radius 1 is 1.20 bits per heavy atom. The number of hydrogen-bond donors (Lipinski definition) is 0. The lowest BCUT2D eigenvalue weighted by Crippen LogP contribution is -2.14. The number of hydrogen-bond acceptors (Lipinski definition) is 4. The van der Waals surface area contributed by atoms with Gasteiger partial charge in [0.15, 0.2) is 6.61 Å². The minimum atomic E-state index is -0.368. The topological polar surface area (TPSA) is 47.9 Å². The van der Waals surface area contributed by atoms with Crippen molar-refractivity contribution in [2.45, 2.75) is 27.2 Å². The van der Waals surface area contributed by atoms with E-state index < -0.39 is 0 Å². The molecule has 0 saturated heterocycles. The molecule has 0 spiro atoms. The number of benzene rings is 1. The van der Waals surface area contributed by atoms with Gasteiger partial charge in [0.2, 0.25) is 0 Å². The van der Waals surface area contributed by atoms with Gasteiger partial charge in [0.05, 0.1) is 12.3 Å². The molecule has 2 rings (SSSR count). The molecule has 25 heavy (non-hydrogen) atoms. The lowest BCUT2D eigenvalue weighted by molar-refractivity contribution is -0.145. The molecule has 0 amide bonds. The first-order valence-electron chi connectivity index (χ1n) is 8.56. The Kier molecular flexibility index (Phi) is 6.75. The van der Waals surface area contributed by atoms with Crippen molar-refractivity contribution in [1.82, 2.24) is 0 Å². The Labute approximate surface area is 149 Å². The second kappa shape index (κ2) is 9.02. The van der Waals surface area contributed by atoms with E-state index in [0.717, 1.165) is 17.7 Å². The minimum absolute atomic E-state index is 0.0819. The van der Waals surface area contributed by atoms with E-state index in [2.05, 4.69) is 43.1 Å². The summed E-state index contributed by atoms with van der Waals surface area (Å²) in [5.41, 5.74) is 1.96. The fraction of sp³-hybridized carbons (Fsp3) is 0.333. The smallest absolute Gasteiger partial charge is 0.344 e. The SMILES string of the molecule is CCOC(=O)COc1ccc(C=NC2=CC=CC(C)(CC)C=C2)cc1. The summed E-state index contributed by atoms with van der Waals surface area (Å²) in [4.78, 5) is 15.8. The van der Waals surface area contributed by atoms with Gasteiger partial charge in [-0.05, 0) is 55.3 Å². The van der Waals surface area contributed by atoms with Crippen LogP contribution in [0.5, 0.6) is 5.75 Å². The summed E-state index contributed by atoms with van der Waals surface area (Å²) in [5, 5.41) is 0. The molecule has 0 heterocycles. The molecule has 1 aromatic rings. The second-order valence-electron chi connectivity index (χ2n) is 6.06. The number of nitrogens with zero attached hydrogens (tertiary/aromatic N) is 1. The summed E-state index contributed by atoms with van der Waals surface area (Å²) in [6.07, 6.45) is 13.4. The summed E-state index contributed by atoms with van der Waals surface area (Å²) >= 11 is 0. The van der Waals surface area contributed by atoms with Gasteiger partial charge in [-0.15, -0.1) is 0 Å². The van der Waals surface area contributed by atoms with Crippen LogP contribution in [0.3, 0.4) is 0 Å². The van der Waals surface area contributed by atoms with Crippen LogP contribution in [0.2, 0.25) is 0 Å². The number of aliphatic imine (C=N–C) groups is 1. The van der Waals surface area contributed by atoms with E-state index in [1.54, 1.807) is 6.92 Å². The summed E-state index contributed by atoms with van der Waals surface area (Å²) in [6, 6.07) is 7.42. The molecule has 4 nitrogen and oxygen atoms in total. The fourth-order valence-electron chi connectivity index (χ4n) is 2.22. The van der Waals surface area contributed by atoms with Crippen molar-refractivity contribution in [2.75, 3.05) is 13.2 Å².